The molecule has 0 amide bonds. The zero-order valence-electron chi connectivity index (χ0n) is 8.66. The lowest BCUT2D eigenvalue weighted by molar-refractivity contribution is 0.815. The van der Waals surface area contributed by atoms with Gasteiger partial charge in [-0.25, -0.2) is 0 Å². The van der Waals surface area contributed by atoms with Gasteiger partial charge in [0.2, 0.25) is 0 Å². The molecule has 1 rings (SSSR count). The Labute approximate surface area is 89.6 Å². The van der Waals surface area contributed by atoms with Crippen LogP contribution in [0.3, 0.4) is 0 Å². The highest BCUT2D eigenvalue weighted by Crippen LogP contribution is 2.11. The third kappa shape index (κ3) is 2.95. The summed E-state index contributed by atoms with van der Waals surface area (Å²) in [6, 6.07) is 0. The topological polar surface area (TPSA) is 86.1 Å². The second-order valence-corrected chi connectivity index (χ2v) is 3.42. The molecule has 0 saturated carbocycles. The molecule has 4 heteroatoms. The molecule has 4 N–H and O–H groups in total. The van der Waals surface area contributed by atoms with Crippen molar-refractivity contribution >= 4 is 17.6 Å². The summed E-state index contributed by atoms with van der Waals surface area (Å²) in [6.45, 7) is 4.11. The zero-order valence-corrected chi connectivity index (χ0v) is 8.66. The number of aliphatic imine (C=N–C) groups is 1. The van der Waals surface area contributed by atoms with Gasteiger partial charge in [0.25, 0.3) is 0 Å². The summed E-state index contributed by atoms with van der Waals surface area (Å²) in [5.41, 5.74) is 7.20. The molecule has 0 aromatic carbocycles. The van der Waals surface area contributed by atoms with E-state index in [2.05, 4.69) is 11.6 Å². The Hall–Kier alpha value is -1.55. The molecule has 1 aliphatic carbocycles. The first-order valence-electron chi connectivity index (χ1n) is 4.91. The van der Waals surface area contributed by atoms with E-state index < -0.39 is 0 Å². The molecule has 0 bridgehead atoms. The standard InChI is InChI=1S/C11H16N4/c1-8(9(6-12)7-13)15-11-5-3-2-4-10(11)14/h3,5-6,9,12,14H,1-2,4,7,13H2. The highest BCUT2D eigenvalue weighted by molar-refractivity contribution is 6.46. The quantitative estimate of drug-likeness (QED) is 0.596. The van der Waals surface area contributed by atoms with Crippen molar-refractivity contribution in [2.75, 3.05) is 6.54 Å². The highest BCUT2D eigenvalue weighted by Gasteiger charge is 2.11. The Kier molecular flexibility index (Phi) is 4.12. The van der Waals surface area contributed by atoms with Crippen LogP contribution in [0, 0.1) is 16.7 Å². The summed E-state index contributed by atoms with van der Waals surface area (Å²) >= 11 is 0. The fraction of sp³-hybridized carbons (Fsp3) is 0.364. The van der Waals surface area contributed by atoms with Crippen molar-refractivity contribution in [1.82, 2.24) is 0 Å². The summed E-state index contributed by atoms with van der Waals surface area (Å²) in [5, 5.41) is 14.8. The minimum Gasteiger partial charge on any atom is -0.329 e. The lowest BCUT2D eigenvalue weighted by Gasteiger charge is -2.12. The lowest BCUT2D eigenvalue weighted by atomic mass is 10.0. The molecule has 1 aliphatic rings. The number of rotatable bonds is 4. The fourth-order valence-electron chi connectivity index (χ4n) is 1.29. The number of hydrogen-bond donors (Lipinski definition) is 3. The van der Waals surface area contributed by atoms with Crippen LogP contribution >= 0.6 is 0 Å². The van der Waals surface area contributed by atoms with Gasteiger partial charge in [0.15, 0.2) is 0 Å². The Morgan fingerprint density at radius 3 is 3.00 bits per heavy atom. The zero-order chi connectivity index (χ0) is 11.3. The van der Waals surface area contributed by atoms with Crippen molar-refractivity contribution in [2.24, 2.45) is 16.6 Å². The van der Waals surface area contributed by atoms with Gasteiger partial charge in [-0.05, 0) is 18.9 Å². The van der Waals surface area contributed by atoms with Gasteiger partial charge in [0.1, 0.15) is 0 Å². The van der Waals surface area contributed by atoms with Crippen molar-refractivity contribution in [2.45, 2.75) is 12.8 Å². The second kappa shape index (κ2) is 5.36. The molecule has 1 atom stereocenters. The van der Waals surface area contributed by atoms with Crippen molar-refractivity contribution in [1.29, 1.82) is 10.8 Å². The van der Waals surface area contributed by atoms with Crippen LogP contribution in [-0.4, -0.2) is 24.2 Å². The predicted octanol–water partition coefficient (Wildman–Crippen LogP) is 1.54. The van der Waals surface area contributed by atoms with Crippen LogP contribution in [0.1, 0.15) is 12.8 Å². The van der Waals surface area contributed by atoms with Gasteiger partial charge in [-0.1, -0.05) is 12.7 Å². The van der Waals surface area contributed by atoms with Gasteiger partial charge in [0, 0.05) is 24.4 Å². The lowest BCUT2D eigenvalue weighted by Crippen LogP contribution is -2.19. The molecule has 0 radical (unpaired) electrons. The van der Waals surface area contributed by atoms with E-state index in [0.717, 1.165) is 12.8 Å². The van der Waals surface area contributed by atoms with Crippen LogP contribution in [0.5, 0.6) is 0 Å². The fourth-order valence-corrected chi connectivity index (χ4v) is 1.29. The summed E-state index contributed by atoms with van der Waals surface area (Å²) in [4.78, 5) is 4.24. The average molecular weight is 204 g/mol. The molecular formula is C11H16N4. The molecule has 15 heavy (non-hydrogen) atoms. The summed E-state index contributed by atoms with van der Waals surface area (Å²) in [5.74, 6) is -0.222. The predicted molar refractivity (Wildman–Crippen MR) is 64.0 cm³/mol. The van der Waals surface area contributed by atoms with Crippen LogP contribution in [0.4, 0.5) is 0 Å². The van der Waals surface area contributed by atoms with E-state index >= 15 is 0 Å². The minimum atomic E-state index is -0.222. The van der Waals surface area contributed by atoms with Gasteiger partial charge >= 0.3 is 0 Å². The van der Waals surface area contributed by atoms with E-state index in [-0.39, 0.29) is 5.92 Å². The van der Waals surface area contributed by atoms with Crippen molar-refractivity contribution in [3.63, 3.8) is 0 Å². The summed E-state index contributed by atoms with van der Waals surface area (Å²) < 4.78 is 0. The van der Waals surface area contributed by atoms with Crippen molar-refractivity contribution in [3.8, 4) is 0 Å². The molecule has 0 aromatic rings. The number of nitrogens with two attached hydrogens (primary N) is 1. The SMILES string of the molecule is C=C(N=C1C=CCCC1=N)C(C=N)CN. The molecule has 4 nitrogen and oxygen atoms in total. The minimum absolute atomic E-state index is 0.222. The van der Waals surface area contributed by atoms with Gasteiger partial charge in [-0.2, -0.15) is 0 Å². The van der Waals surface area contributed by atoms with Gasteiger partial charge in [-0.15, -0.1) is 0 Å². The van der Waals surface area contributed by atoms with Crippen LogP contribution in [-0.2, 0) is 0 Å². The van der Waals surface area contributed by atoms with Crippen LogP contribution in [0.25, 0.3) is 0 Å². The van der Waals surface area contributed by atoms with Crippen molar-refractivity contribution < 1.29 is 0 Å². The summed E-state index contributed by atoms with van der Waals surface area (Å²) in [7, 11) is 0. The first kappa shape index (κ1) is 11.5. The molecule has 0 fully saturated rings. The average Bonchev–Trinajstić information content (AvgIpc) is 2.23. The first-order valence-corrected chi connectivity index (χ1v) is 4.91. The molecule has 0 saturated heterocycles. The van der Waals surface area contributed by atoms with E-state index in [4.69, 9.17) is 16.6 Å². The largest absolute Gasteiger partial charge is 0.329 e. The molecule has 0 spiro atoms. The number of nitrogens with one attached hydrogen (secondary N) is 2. The Balaban J connectivity index is 2.81. The smallest absolute Gasteiger partial charge is 0.0837 e. The van der Waals surface area contributed by atoms with Gasteiger partial charge in [-0.3, -0.25) is 4.99 Å². The number of nitrogens with zero attached hydrogens (tertiary/aromatic N) is 1. The molecule has 80 valence electrons. The normalized spacial score (nSPS) is 20.3. The third-order valence-electron chi connectivity index (χ3n) is 2.29. The second-order valence-electron chi connectivity index (χ2n) is 3.42. The molecule has 0 heterocycles. The maximum Gasteiger partial charge on any atom is 0.0837 e. The van der Waals surface area contributed by atoms with E-state index in [1.165, 1.54) is 6.21 Å². The van der Waals surface area contributed by atoms with Gasteiger partial charge < -0.3 is 16.6 Å². The van der Waals surface area contributed by atoms with Crippen LogP contribution in [0.15, 0.2) is 29.4 Å². The Morgan fingerprint density at radius 1 is 1.73 bits per heavy atom. The summed E-state index contributed by atoms with van der Waals surface area (Å²) in [6.07, 6.45) is 6.68. The number of hydrogen-bond acceptors (Lipinski definition) is 4. The first-order chi connectivity index (χ1) is 7.19. The van der Waals surface area contributed by atoms with E-state index in [9.17, 15) is 0 Å². The molecule has 1 unspecified atom stereocenters. The third-order valence-corrected chi connectivity index (χ3v) is 2.29. The molecular weight excluding hydrogens is 188 g/mol. The molecule has 0 aliphatic heterocycles. The molecule has 0 aromatic heterocycles. The van der Waals surface area contributed by atoms with Crippen LogP contribution in [0.2, 0.25) is 0 Å². The van der Waals surface area contributed by atoms with Crippen LogP contribution < -0.4 is 5.73 Å². The van der Waals surface area contributed by atoms with E-state index in [0.29, 0.717) is 23.7 Å². The monoisotopic (exact) mass is 204 g/mol. The maximum absolute atomic E-state index is 7.68. The highest BCUT2D eigenvalue weighted by atomic mass is 14.8. The van der Waals surface area contributed by atoms with E-state index in [1.807, 2.05) is 12.2 Å². The van der Waals surface area contributed by atoms with Gasteiger partial charge in [0.05, 0.1) is 11.4 Å². The maximum atomic E-state index is 7.68. The Bertz CT molecular complexity index is 338. The number of allylic oxidation sites excluding steroid dienone is 2. The Morgan fingerprint density at radius 2 is 2.47 bits per heavy atom. The van der Waals surface area contributed by atoms with E-state index in [1.54, 1.807) is 0 Å². The van der Waals surface area contributed by atoms with Crippen molar-refractivity contribution in [3.05, 3.63) is 24.4 Å².